The molecule has 0 saturated carbocycles. The second-order valence-electron chi connectivity index (χ2n) is 7.76. The van der Waals surface area contributed by atoms with Gasteiger partial charge in [-0.2, -0.15) is 5.10 Å². The van der Waals surface area contributed by atoms with E-state index in [9.17, 15) is 13.6 Å². The van der Waals surface area contributed by atoms with Gasteiger partial charge in [0.05, 0.1) is 23.0 Å². The molecule has 5 rings (SSSR count). The van der Waals surface area contributed by atoms with Gasteiger partial charge in [-0.05, 0) is 48.2 Å². The van der Waals surface area contributed by atoms with Gasteiger partial charge in [-0.3, -0.25) is 9.78 Å². The highest BCUT2D eigenvalue weighted by Crippen LogP contribution is 2.41. The average molecular weight is 473 g/mol. The molecular weight excluding hydrogens is 454 g/mol. The number of aromatic nitrogens is 3. The minimum atomic E-state index is -2.51. The normalized spacial score (nSPS) is 13.4. The maximum atomic E-state index is 12.6. The van der Waals surface area contributed by atoms with Crippen LogP contribution in [0.25, 0.3) is 21.3 Å². The van der Waals surface area contributed by atoms with Crippen molar-refractivity contribution >= 4 is 38.8 Å². The van der Waals surface area contributed by atoms with Gasteiger partial charge in [0.2, 0.25) is 6.43 Å². The van der Waals surface area contributed by atoms with Crippen molar-refractivity contribution in [2.75, 3.05) is 11.9 Å². The summed E-state index contributed by atoms with van der Waals surface area (Å²) in [5.74, 6) is 0. The molecule has 9 heteroatoms. The van der Waals surface area contributed by atoms with Crippen molar-refractivity contribution in [3.05, 3.63) is 74.1 Å². The van der Waals surface area contributed by atoms with Crippen molar-refractivity contribution in [1.29, 1.82) is 0 Å². The molecule has 0 atom stereocenters. The van der Waals surface area contributed by atoms with Crippen LogP contribution in [0.2, 0.25) is 5.02 Å². The first-order chi connectivity index (χ1) is 15.5. The monoisotopic (exact) mass is 472 g/mol. The van der Waals surface area contributed by atoms with Crippen molar-refractivity contribution in [2.24, 2.45) is 0 Å². The molecule has 32 heavy (non-hydrogen) atoms. The molecule has 3 aromatic heterocycles. The molecule has 0 fully saturated rings. The summed E-state index contributed by atoms with van der Waals surface area (Å²) in [6, 6.07) is 9.13. The molecule has 0 spiro atoms. The Morgan fingerprint density at radius 2 is 2.09 bits per heavy atom. The van der Waals surface area contributed by atoms with Crippen LogP contribution < -0.4 is 10.9 Å². The summed E-state index contributed by atoms with van der Waals surface area (Å²) in [5, 5.41) is 8.29. The first-order valence-electron chi connectivity index (χ1n) is 10.3. The Morgan fingerprint density at radius 1 is 1.22 bits per heavy atom. The highest BCUT2D eigenvalue weighted by atomic mass is 35.5. The van der Waals surface area contributed by atoms with Gasteiger partial charge in [-0.15, -0.1) is 11.3 Å². The van der Waals surface area contributed by atoms with E-state index >= 15 is 0 Å². The standard InChI is InChI=1S/C23H19ClF2N4OS/c24-15-8-14-2-1-4-28-22(14)18(9-15)17-3-5-27-19-10-16(32-23(17)19)12-30-21(31)7-13(11-29-30)6-20(25)26/h3,5,7-11,20,28H,1-2,4,6,12H2. The quantitative estimate of drug-likeness (QED) is 0.423. The van der Waals surface area contributed by atoms with Gasteiger partial charge in [-0.1, -0.05) is 11.6 Å². The molecule has 0 radical (unpaired) electrons. The van der Waals surface area contributed by atoms with Crippen LogP contribution in [0.5, 0.6) is 0 Å². The van der Waals surface area contributed by atoms with Gasteiger partial charge in [0.1, 0.15) is 0 Å². The van der Waals surface area contributed by atoms with E-state index in [-0.39, 0.29) is 12.1 Å². The molecule has 1 aromatic carbocycles. The molecule has 0 saturated heterocycles. The van der Waals surface area contributed by atoms with Gasteiger partial charge in [0.15, 0.2) is 0 Å². The van der Waals surface area contributed by atoms with Crippen LogP contribution in [0.4, 0.5) is 14.5 Å². The molecular formula is C23H19ClF2N4OS. The van der Waals surface area contributed by atoms with E-state index in [1.165, 1.54) is 22.5 Å². The van der Waals surface area contributed by atoms with Crippen molar-refractivity contribution < 1.29 is 8.78 Å². The first-order valence-corrected chi connectivity index (χ1v) is 11.5. The third-order valence-electron chi connectivity index (χ3n) is 5.48. The predicted octanol–water partition coefficient (Wildman–Crippen LogP) is 5.39. The minimum absolute atomic E-state index is 0.236. The summed E-state index contributed by atoms with van der Waals surface area (Å²) >= 11 is 7.96. The molecule has 5 nitrogen and oxygen atoms in total. The summed E-state index contributed by atoms with van der Waals surface area (Å²) in [4.78, 5) is 17.8. The Morgan fingerprint density at radius 3 is 2.91 bits per heavy atom. The SMILES string of the molecule is O=c1cc(CC(F)F)cnn1Cc1cc2nccc(-c3cc(Cl)cc4c3NCCC4)c2s1. The van der Waals surface area contributed by atoms with E-state index in [1.54, 1.807) is 17.5 Å². The van der Waals surface area contributed by atoms with Crippen molar-refractivity contribution in [3.8, 4) is 11.1 Å². The summed E-state index contributed by atoms with van der Waals surface area (Å²) in [6.45, 7) is 1.17. The van der Waals surface area contributed by atoms with Crippen LogP contribution in [0.15, 0.2) is 47.5 Å². The summed E-state index contributed by atoms with van der Waals surface area (Å²) < 4.78 is 27.4. The van der Waals surface area contributed by atoms with Crippen LogP contribution in [0, 0.1) is 0 Å². The summed E-state index contributed by atoms with van der Waals surface area (Å²) in [6.07, 6.45) is 2.17. The maximum Gasteiger partial charge on any atom is 0.267 e. The lowest BCUT2D eigenvalue weighted by atomic mass is 9.95. The fourth-order valence-corrected chi connectivity index (χ4v) is 5.44. The zero-order chi connectivity index (χ0) is 22.2. The number of hydrogen-bond donors (Lipinski definition) is 1. The van der Waals surface area contributed by atoms with Gasteiger partial charge in [0.25, 0.3) is 5.56 Å². The first kappa shape index (κ1) is 21.0. The predicted molar refractivity (Wildman–Crippen MR) is 124 cm³/mol. The number of thiophene rings is 1. The maximum absolute atomic E-state index is 12.6. The number of aryl methyl sites for hydroxylation is 1. The van der Waals surface area contributed by atoms with E-state index in [0.29, 0.717) is 5.02 Å². The Kier molecular flexibility index (Phi) is 5.65. The number of benzene rings is 1. The molecule has 0 unspecified atom stereocenters. The molecule has 1 aliphatic rings. The summed E-state index contributed by atoms with van der Waals surface area (Å²) in [7, 11) is 0. The van der Waals surface area contributed by atoms with Crippen LogP contribution in [-0.4, -0.2) is 27.7 Å². The fraction of sp³-hybridized carbons (Fsp3) is 0.261. The number of rotatable bonds is 5. The number of pyridine rings is 1. The molecule has 1 N–H and O–H groups in total. The highest BCUT2D eigenvalue weighted by Gasteiger charge is 2.18. The fourth-order valence-electron chi connectivity index (χ4n) is 4.08. The second-order valence-corrected chi connectivity index (χ2v) is 9.33. The molecule has 0 bridgehead atoms. The minimum Gasteiger partial charge on any atom is -0.384 e. The number of alkyl halides is 2. The van der Waals surface area contributed by atoms with Crippen LogP contribution in [-0.2, 0) is 19.4 Å². The van der Waals surface area contributed by atoms with Gasteiger partial charge >= 0.3 is 0 Å². The van der Waals surface area contributed by atoms with Gasteiger partial charge in [-0.25, -0.2) is 13.5 Å². The number of nitrogens with one attached hydrogen (secondary N) is 1. The molecule has 0 aliphatic carbocycles. The molecule has 4 aromatic rings. The van der Waals surface area contributed by atoms with Gasteiger partial charge < -0.3 is 5.32 Å². The molecule has 4 heterocycles. The van der Waals surface area contributed by atoms with Crippen LogP contribution >= 0.6 is 22.9 Å². The topological polar surface area (TPSA) is 59.8 Å². The van der Waals surface area contributed by atoms with Crippen LogP contribution in [0.1, 0.15) is 22.4 Å². The number of nitrogens with zero attached hydrogens (tertiary/aromatic N) is 3. The largest absolute Gasteiger partial charge is 0.384 e. The zero-order valence-electron chi connectivity index (χ0n) is 16.9. The second kappa shape index (κ2) is 8.60. The molecule has 1 aliphatic heterocycles. The van der Waals surface area contributed by atoms with E-state index in [1.807, 2.05) is 24.3 Å². The summed E-state index contributed by atoms with van der Waals surface area (Å²) in [5.41, 5.74) is 5.05. The van der Waals surface area contributed by atoms with E-state index < -0.39 is 18.4 Å². The Balaban J connectivity index is 1.53. The van der Waals surface area contributed by atoms with E-state index in [2.05, 4.69) is 15.4 Å². The lowest BCUT2D eigenvalue weighted by Crippen LogP contribution is -2.23. The van der Waals surface area contributed by atoms with E-state index in [0.717, 1.165) is 51.3 Å². The number of fused-ring (bicyclic) bond motifs is 2. The van der Waals surface area contributed by atoms with Crippen molar-refractivity contribution in [3.63, 3.8) is 0 Å². The number of hydrogen-bond acceptors (Lipinski definition) is 5. The highest BCUT2D eigenvalue weighted by molar-refractivity contribution is 7.19. The molecule has 164 valence electrons. The van der Waals surface area contributed by atoms with Crippen molar-refractivity contribution in [1.82, 2.24) is 14.8 Å². The number of halogens is 3. The Hall–Kier alpha value is -2.84. The third kappa shape index (κ3) is 4.12. The van der Waals surface area contributed by atoms with Gasteiger partial charge in [0, 0.05) is 51.9 Å². The lowest BCUT2D eigenvalue weighted by molar-refractivity contribution is 0.149. The zero-order valence-corrected chi connectivity index (χ0v) is 18.5. The molecule has 0 amide bonds. The smallest absolute Gasteiger partial charge is 0.267 e. The van der Waals surface area contributed by atoms with Crippen LogP contribution in [0.3, 0.4) is 0 Å². The van der Waals surface area contributed by atoms with Crippen molar-refractivity contribution in [2.45, 2.75) is 32.2 Å². The lowest BCUT2D eigenvalue weighted by Gasteiger charge is -2.22. The Bertz CT molecular complexity index is 1370. The average Bonchev–Trinajstić information content (AvgIpc) is 3.17. The Labute approximate surface area is 191 Å². The van der Waals surface area contributed by atoms with E-state index in [4.69, 9.17) is 11.6 Å². The number of anilines is 1. The third-order valence-corrected chi connectivity index (χ3v) is 6.84.